The largest absolute Gasteiger partial charge is 0.322 e. The van der Waals surface area contributed by atoms with Crippen LogP contribution in [0, 0.1) is 5.41 Å². The van der Waals surface area contributed by atoms with Gasteiger partial charge in [-0.15, -0.1) is 0 Å². The van der Waals surface area contributed by atoms with Crippen LogP contribution in [0.3, 0.4) is 0 Å². The van der Waals surface area contributed by atoms with E-state index in [0.29, 0.717) is 21.1 Å². The quantitative estimate of drug-likeness (QED) is 0.841. The highest BCUT2D eigenvalue weighted by molar-refractivity contribution is 6.39. The van der Waals surface area contributed by atoms with Crippen molar-refractivity contribution in [3.05, 3.63) is 28.2 Å². The van der Waals surface area contributed by atoms with Crippen molar-refractivity contribution >= 4 is 34.8 Å². The fourth-order valence-electron chi connectivity index (χ4n) is 2.07. The molecular weight excluding hydrogens is 283 g/mol. The maximum absolute atomic E-state index is 11.8. The Morgan fingerprint density at radius 1 is 1.32 bits per heavy atom. The summed E-state index contributed by atoms with van der Waals surface area (Å²) in [6, 6.07) is 5.15. The van der Waals surface area contributed by atoms with Crippen molar-refractivity contribution in [2.45, 2.75) is 26.2 Å². The number of carbonyl (C=O) groups excluding carboxylic acids is 1. The first kappa shape index (κ1) is 14.6. The highest BCUT2D eigenvalue weighted by Gasteiger charge is 2.39. The lowest BCUT2D eigenvalue weighted by Crippen LogP contribution is -2.32. The molecule has 2 N–H and O–H groups in total. The summed E-state index contributed by atoms with van der Waals surface area (Å²) in [6.45, 7) is 3.37. The van der Waals surface area contributed by atoms with E-state index in [1.54, 1.807) is 18.2 Å². The van der Waals surface area contributed by atoms with Gasteiger partial charge in [-0.3, -0.25) is 4.79 Å². The van der Waals surface area contributed by atoms with Crippen molar-refractivity contribution in [2.24, 2.45) is 5.41 Å². The first-order valence-corrected chi connectivity index (χ1v) is 7.26. The minimum atomic E-state index is -0.123. The Labute approximate surface area is 123 Å². The van der Waals surface area contributed by atoms with E-state index in [1.807, 2.05) is 0 Å². The smallest absolute Gasteiger partial charge is 0.238 e. The molecule has 2 rings (SSSR count). The molecule has 1 saturated carbocycles. The van der Waals surface area contributed by atoms with Gasteiger partial charge in [0.15, 0.2) is 0 Å². The molecule has 0 bridgehead atoms. The second-order valence-corrected chi connectivity index (χ2v) is 5.92. The third-order valence-electron chi connectivity index (χ3n) is 3.72. The van der Waals surface area contributed by atoms with Gasteiger partial charge >= 0.3 is 0 Å². The lowest BCUT2D eigenvalue weighted by Gasteiger charge is -2.14. The Bertz CT molecular complexity index is 452. The fraction of sp³-hybridized carbons (Fsp3) is 0.500. The molecule has 1 aromatic carbocycles. The number of anilines is 1. The third-order valence-corrected chi connectivity index (χ3v) is 4.35. The molecule has 0 saturated heterocycles. The van der Waals surface area contributed by atoms with Gasteiger partial charge in [0, 0.05) is 6.54 Å². The van der Waals surface area contributed by atoms with Crippen molar-refractivity contribution in [1.82, 2.24) is 5.32 Å². The van der Waals surface area contributed by atoms with Crippen LogP contribution in [-0.4, -0.2) is 19.0 Å². The van der Waals surface area contributed by atoms with Gasteiger partial charge in [0.2, 0.25) is 5.91 Å². The molecule has 0 aliphatic heterocycles. The molecule has 5 heteroatoms. The summed E-state index contributed by atoms with van der Waals surface area (Å²) in [5.74, 6) is -0.123. The standard InChI is InChI=1S/C14H18Cl2N2O/c1-2-14(6-7-14)9-17-8-12(19)18-13-10(15)4-3-5-11(13)16/h3-5,17H,2,6-9H2,1H3,(H,18,19). The van der Waals surface area contributed by atoms with Crippen molar-refractivity contribution in [2.75, 3.05) is 18.4 Å². The normalized spacial score (nSPS) is 16.2. The molecule has 1 aliphatic carbocycles. The van der Waals surface area contributed by atoms with E-state index in [4.69, 9.17) is 23.2 Å². The molecule has 1 amide bonds. The average molecular weight is 301 g/mol. The number of hydrogen-bond donors (Lipinski definition) is 2. The highest BCUT2D eigenvalue weighted by atomic mass is 35.5. The summed E-state index contributed by atoms with van der Waals surface area (Å²) < 4.78 is 0. The van der Waals surface area contributed by atoms with Crippen LogP contribution in [0.1, 0.15) is 26.2 Å². The molecule has 1 fully saturated rings. The lowest BCUT2D eigenvalue weighted by atomic mass is 10.0. The summed E-state index contributed by atoms with van der Waals surface area (Å²) in [5, 5.41) is 6.84. The SMILES string of the molecule is CCC1(CNCC(=O)Nc2c(Cl)cccc2Cl)CC1. The van der Waals surface area contributed by atoms with Crippen LogP contribution in [0.5, 0.6) is 0 Å². The summed E-state index contributed by atoms with van der Waals surface area (Å²) >= 11 is 12.0. The molecule has 0 unspecified atom stereocenters. The zero-order valence-electron chi connectivity index (χ0n) is 10.9. The molecule has 104 valence electrons. The molecule has 3 nitrogen and oxygen atoms in total. The Morgan fingerprint density at radius 3 is 2.47 bits per heavy atom. The number of halogens is 2. The average Bonchev–Trinajstić information content (AvgIpc) is 3.15. The van der Waals surface area contributed by atoms with Gasteiger partial charge in [0.1, 0.15) is 0 Å². The van der Waals surface area contributed by atoms with Crippen LogP contribution >= 0.6 is 23.2 Å². The summed E-state index contributed by atoms with van der Waals surface area (Å²) in [6.07, 6.45) is 3.68. The first-order valence-electron chi connectivity index (χ1n) is 6.51. The molecule has 1 aromatic rings. The van der Waals surface area contributed by atoms with Crippen LogP contribution in [0.25, 0.3) is 0 Å². The number of amides is 1. The Morgan fingerprint density at radius 2 is 1.95 bits per heavy atom. The van der Waals surface area contributed by atoms with Gasteiger partial charge in [-0.2, -0.15) is 0 Å². The predicted octanol–water partition coefficient (Wildman–Crippen LogP) is 3.71. The van der Waals surface area contributed by atoms with Crippen LogP contribution < -0.4 is 10.6 Å². The van der Waals surface area contributed by atoms with Gasteiger partial charge in [-0.25, -0.2) is 0 Å². The minimum Gasteiger partial charge on any atom is -0.322 e. The highest BCUT2D eigenvalue weighted by Crippen LogP contribution is 2.47. The second-order valence-electron chi connectivity index (χ2n) is 5.10. The number of hydrogen-bond acceptors (Lipinski definition) is 2. The van der Waals surface area contributed by atoms with Crippen molar-refractivity contribution in [1.29, 1.82) is 0 Å². The molecule has 0 aromatic heterocycles. The number of para-hydroxylation sites is 1. The van der Waals surface area contributed by atoms with E-state index in [-0.39, 0.29) is 12.5 Å². The zero-order chi connectivity index (χ0) is 13.9. The van der Waals surface area contributed by atoms with E-state index < -0.39 is 0 Å². The van der Waals surface area contributed by atoms with Crippen molar-refractivity contribution < 1.29 is 4.79 Å². The van der Waals surface area contributed by atoms with E-state index in [9.17, 15) is 4.79 Å². The summed E-state index contributed by atoms with van der Waals surface area (Å²) in [7, 11) is 0. The van der Waals surface area contributed by atoms with Gasteiger partial charge in [-0.05, 0) is 36.8 Å². The lowest BCUT2D eigenvalue weighted by molar-refractivity contribution is -0.115. The fourth-order valence-corrected chi connectivity index (χ4v) is 2.57. The van der Waals surface area contributed by atoms with Crippen LogP contribution in [-0.2, 0) is 4.79 Å². The van der Waals surface area contributed by atoms with Crippen LogP contribution in [0.15, 0.2) is 18.2 Å². The molecular formula is C14H18Cl2N2O. The van der Waals surface area contributed by atoms with Gasteiger partial charge in [0.25, 0.3) is 0 Å². The van der Waals surface area contributed by atoms with E-state index in [2.05, 4.69) is 17.6 Å². The number of nitrogens with one attached hydrogen (secondary N) is 2. The van der Waals surface area contributed by atoms with E-state index in [1.165, 1.54) is 12.8 Å². The van der Waals surface area contributed by atoms with Gasteiger partial charge in [-0.1, -0.05) is 36.2 Å². The van der Waals surface area contributed by atoms with Crippen molar-refractivity contribution in [3.63, 3.8) is 0 Å². The van der Waals surface area contributed by atoms with Crippen LogP contribution in [0.4, 0.5) is 5.69 Å². The molecule has 19 heavy (non-hydrogen) atoms. The monoisotopic (exact) mass is 300 g/mol. The van der Waals surface area contributed by atoms with Gasteiger partial charge < -0.3 is 10.6 Å². The minimum absolute atomic E-state index is 0.123. The summed E-state index contributed by atoms with van der Waals surface area (Å²) in [4.78, 5) is 11.8. The second kappa shape index (κ2) is 6.12. The number of rotatable bonds is 6. The Kier molecular flexibility index (Phi) is 4.71. The Balaban J connectivity index is 1.81. The summed E-state index contributed by atoms with van der Waals surface area (Å²) in [5.41, 5.74) is 0.914. The molecule has 0 heterocycles. The molecule has 1 aliphatic rings. The molecule has 0 spiro atoms. The first-order chi connectivity index (χ1) is 9.06. The zero-order valence-corrected chi connectivity index (χ0v) is 12.4. The van der Waals surface area contributed by atoms with Gasteiger partial charge in [0.05, 0.1) is 22.3 Å². The number of carbonyl (C=O) groups is 1. The predicted molar refractivity (Wildman–Crippen MR) is 79.9 cm³/mol. The van der Waals surface area contributed by atoms with E-state index in [0.717, 1.165) is 13.0 Å². The Hall–Kier alpha value is -0.770. The topological polar surface area (TPSA) is 41.1 Å². The molecule has 0 atom stereocenters. The van der Waals surface area contributed by atoms with E-state index >= 15 is 0 Å². The number of benzene rings is 1. The maximum Gasteiger partial charge on any atom is 0.238 e. The third kappa shape index (κ3) is 3.85. The van der Waals surface area contributed by atoms with Crippen LogP contribution in [0.2, 0.25) is 10.0 Å². The van der Waals surface area contributed by atoms with Crippen molar-refractivity contribution in [3.8, 4) is 0 Å². The molecule has 0 radical (unpaired) electrons. The maximum atomic E-state index is 11.8.